The number of fused-ring (bicyclic) bond motifs is 16. The summed E-state index contributed by atoms with van der Waals surface area (Å²) in [6.45, 7) is 0. The lowest BCUT2D eigenvalue weighted by Crippen LogP contribution is -2.18. The van der Waals surface area contributed by atoms with Gasteiger partial charge in [0.05, 0.1) is 0 Å². The van der Waals surface area contributed by atoms with Crippen molar-refractivity contribution < 1.29 is 0 Å². The van der Waals surface area contributed by atoms with Gasteiger partial charge in [-0.05, 0) is 121 Å². The zero-order valence-corrected chi connectivity index (χ0v) is 37.5. The summed E-state index contributed by atoms with van der Waals surface area (Å²) in [7, 11) is 16.4. The first kappa shape index (κ1) is 41.2. The topological polar surface area (TPSA) is 77.5 Å². The molecule has 0 radical (unpaired) electrons. The lowest BCUT2D eigenvalue weighted by atomic mass is 10.2. The molecule has 4 aromatic heterocycles. The molecule has 0 unspecified atom stereocenters. The van der Waals surface area contributed by atoms with E-state index in [4.69, 9.17) is 19.9 Å². The van der Waals surface area contributed by atoms with Gasteiger partial charge in [-0.15, -0.1) is 0 Å². The monoisotopic (exact) mass is 844 g/mol. The van der Waals surface area contributed by atoms with Crippen LogP contribution in [-0.2, 0) is 0 Å². The molecule has 0 saturated heterocycles. The first-order valence-electron chi connectivity index (χ1n) is 21.2. The summed E-state index contributed by atoms with van der Waals surface area (Å²) in [5.41, 5.74) is 8.00. The van der Waals surface area contributed by atoms with E-state index in [2.05, 4.69) is 161 Å². The molecule has 320 valence electrons. The van der Waals surface area contributed by atoms with Crippen LogP contribution in [0.1, 0.15) is 0 Å². The van der Waals surface area contributed by atoms with E-state index >= 15 is 0 Å². The Morgan fingerprint density at radius 1 is 0.203 bits per heavy atom. The van der Waals surface area contributed by atoms with Gasteiger partial charge in [0, 0.05) is 102 Å². The average Bonchev–Trinajstić information content (AvgIpc) is 3.36. The molecule has 1 aliphatic rings. The van der Waals surface area contributed by atoms with Crippen LogP contribution in [0.3, 0.4) is 0 Å². The highest BCUT2D eigenvalue weighted by atomic mass is 15.3. The van der Waals surface area contributed by atoms with Gasteiger partial charge in [0.25, 0.3) is 0 Å². The number of pyridine rings is 4. The number of anilines is 16. The van der Waals surface area contributed by atoms with Crippen molar-refractivity contribution >= 4 is 92.0 Å². The van der Waals surface area contributed by atoms with Crippen molar-refractivity contribution in [2.24, 2.45) is 0 Å². The maximum Gasteiger partial charge on any atom is 0.135 e. The fourth-order valence-corrected chi connectivity index (χ4v) is 7.84. The third kappa shape index (κ3) is 8.16. The lowest BCUT2D eigenvalue weighted by molar-refractivity contribution is 1.06. The number of hydrogen-bond acceptors (Lipinski definition) is 12. The molecular weight excluding hydrogens is 793 g/mol. The molecule has 0 saturated carbocycles. The number of hydrogen-bond donors (Lipinski definition) is 0. The molecule has 0 atom stereocenters. The summed E-state index contributed by atoms with van der Waals surface area (Å²) in [4.78, 5) is 37.4. The van der Waals surface area contributed by atoms with Crippen LogP contribution in [0.2, 0.25) is 0 Å². The molecule has 8 aromatic rings. The predicted octanol–water partition coefficient (Wildman–Crippen LogP) is 11.7. The van der Waals surface area contributed by atoms with E-state index < -0.39 is 0 Å². The van der Waals surface area contributed by atoms with Crippen LogP contribution in [0.25, 0.3) is 0 Å². The van der Waals surface area contributed by atoms with E-state index in [1.165, 1.54) is 0 Å². The van der Waals surface area contributed by atoms with Gasteiger partial charge in [0.1, 0.15) is 46.5 Å². The second kappa shape index (κ2) is 17.3. The smallest absolute Gasteiger partial charge is 0.135 e. The SMILES string of the molecule is CN1c2cccc(c2)N(C)c2cccc(n2)N(C)c2cccc(c2)N(C)c2cccc(n2)N(C)c2cccc(c2)N(C)c2cccc(n2)N(C)c2cccc(c2)N(C)c2cccc1n2. The van der Waals surface area contributed by atoms with Crippen molar-refractivity contribution in [3.05, 3.63) is 170 Å². The Morgan fingerprint density at radius 3 is 0.469 bits per heavy atom. The minimum atomic E-state index is 0.823. The summed E-state index contributed by atoms with van der Waals surface area (Å²) in [6, 6.07) is 58.3. The predicted molar refractivity (Wildman–Crippen MR) is 267 cm³/mol. The van der Waals surface area contributed by atoms with E-state index in [9.17, 15) is 0 Å². The van der Waals surface area contributed by atoms with Crippen molar-refractivity contribution in [2.75, 3.05) is 95.6 Å². The first-order valence-corrected chi connectivity index (χ1v) is 21.2. The minimum absolute atomic E-state index is 0.823. The quantitative estimate of drug-likeness (QED) is 0.146. The summed E-state index contributed by atoms with van der Waals surface area (Å²) in [5, 5.41) is 0. The van der Waals surface area contributed by atoms with E-state index in [-0.39, 0.29) is 0 Å². The van der Waals surface area contributed by atoms with Gasteiger partial charge in [-0.1, -0.05) is 48.5 Å². The van der Waals surface area contributed by atoms with Gasteiger partial charge in [-0.25, -0.2) is 19.9 Å². The normalized spacial score (nSPS) is 13.4. The number of rotatable bonds is 0. The maximum absolute atomic E-state index is 5.14. The molecule has 12 heteroatoms. The molecule has 64 heavy (non-hydrogen) atoms. The van der Waals surface area contributed by atoms with Gasteiger partial charge >= 0.3 is 0 Å². The fourth-order valence-electron chi connectivity index (χ4n) is 7.84. The van der Waals surface area contributed by atoms with Crippen LogP contribution in [0, 0.1) is 0 Å². The van der Waals surface area contributed by atoms with Crippen molar-refractivity contribution in [2.45, 2.75) is 0 Å². The van der Waals surface area contributed by atoms with Crippen LogP contribution in [0.5, 0.6) is 0 Å². The second-order valence-electron chi connectivity index (χ2n) is 16.0. The Labute approximate surface area is 376 Å². The van der Waals surface area contributed by atoms with Crippen LogP contribution in [0.15, 0.2) is 170 Å². The number of nitrogens with zero attached hydrogens (tertiary/aromatic N) is 12. The van der Waals surface area contributed by atoms with Crippen LogP contribution < -0.4 is 39.2 Å². The Balaban J connectivity index is 1.11. The van der Waals surface area contributed by atoms with E-state index in [1.54, 1.807) is 0 Å². The Morgan fingerprint density at radius 2 is 0.328 bits per heavy atom. The van der Waals surface area contributed by atoms with Gasteiger partial charge in [-0.2, -0.15) is 0 Å². The zero-order valence-electron chi connectivity index (χ0n) is 37.5. The zero-order chi connectivity index (χ0) is 44.5. The molecule has 0 fully saturated rings. The highest BCUT2D eigenvalue weighted by molar-refractivity contribution is 5.76. The molecule has 12 nitrogen and oxygen atoms in total. The van der Waals surface area contributed by atoms with Crippen molar-refractivity contribution in [3.8, 4) is 0 Å². The summed E-state index contributed by atoms with van der Waals surface area (Å²) >= 11 is 0. The Hall–Kier alpha value is -8.12. The average molecular weight is 845 g/mol. The van der Waals surface area contributed by atoms with E-state index in [0.717, 1.165) is 92.0 Å². The highest BCUT2D eigenvalue weighted by Gasteiger charge is 2.18. The largest absolute Gasteiger partial charge is 0.329 e. The van der Waals surface area contributed by atoms with Gasteiger partial charge < -0.3 is 39.2 Å². The molecule has 16 bridgehead atoms. The fraction of sp³-hybridized carbons (Fsp3) is 0.154. The Kier molecular flexibility index (Phi) is 11.2. The van der Waals surface area contributed by atoms with Gasteiger partial charge in [-0.3, -0.25) is 0 Å². The van der Waals surface area contributed by atoms with Crippen molar-refractivity contribution in [1.82, 2.24) is 19.9 Å². The second-order valence-corrected chi connectivity index (χ2v) is 16.0. The Bertz CT molecular complexity index is 2190. The standard InChI is InChI=1S/C52H52N12/c1-57-37-17-9-18-38(33-37)58(2)47-27-14-28-48(54-47)61(5)41-21-11-22-42(35-41)62(6)51-31-16-32-52(56-51)64(8)44-24-12-23-43(36-44)63(7)50-30-15-29-49(55-50)60(4)40-20-10-19-39(34-40)59(3)46-26-13-25-45(57)53-46/h9-36H,1-8H3. The van der Waals surface area contributed by atoms with E-state index in [0.29, 0.717) is 0 Å². The molecule has 0 N–H and O–H groups in total. The molecule has 4 aromatic carbocycles. The van der Waals surface area contributed by atoms with Crippen LogP contribution in [-0.4, -0.2) is 76.3 Å². The maximum atomic E-state index is 5.14. The molecule has 9 rings (SSSR count). The number of benzene rings is 4. The summed E-state index contributed by atoms with van der Waals surface area (Å²) in [6.07, 6.45) is 0. The van der Waals surface area contributed by atoms with E-state index in [1.807, 2.05) is 105 Å². The molecule has 1 aliphatic heterocycles. The summed E-state index contributed by atoms with van der Waals surface area (Å²) < 4.78 is 0. The number of aromatic nitrogens is 4. The highest BCUT2D eigenvalue weighted by Crippen LogP contribution is 2.36. The van der Waals surface area contributed by atoms with Crippen molar-refractivity contribution in [1.29, 1.82) is 0 Å². The molecule has 5 heterocycles. The van der Waals surface area contributed by atoms with Crippen molar-refractivity contribution in [3.63, 3.8) is 0 Å². The summed E-state index contributed by atoms with van der Waals surface area (Å²) in [5.74, 6) is 6.58. The third-order valence-corrected chi connectivity index (χ3v) is 12.0. The van der Waals surface area contributed by atoms with Gasteiger partial charge in [0.15, 0.2) is 0 Å². The molecule has 0 aliphatic carbocycles. The molecule has 0 spiro atoms. The lowest BCUT2D eigenvalue weighted by Gasteiger charge is -2.27. The minimum Gasteiger partial charge on any atom is -0.329 e. The first-order chi connectivity index (χ1) is 31.0. The molecule has 0 amide bonds. The third-order valence-electron chi connectivity index (χ3n) is 12.0. The van der Waals surface area contributed by atoms with Crippen LogP contribution in [0.4, 0.5) is 92.0 Å². The van der Waals surface area contributed by atoms with Crippen LogP contribution >= 0.6 is 0 Å². The molecular formula is C52H52N12. The van der Waals surface area contributed by atoms with Gasteiger partial charge in [0.2, 0.25) is 0 Å².